The molecule has 2 atom stereocenters. The number of rotatable bonds is 6. The first-order valence-electron chi connectivity index (χ1n) is 4.03. The first kappa shape index (κ1) is 15.2. The quantitative estimate of drug-likeness (QED) is 0.680. The van der Waals surface area contributed by atoms with Crippen molar-refractivity contribution in [3.05, 3.63) is 0 Å². The van der Waals surface area contributed by atoms with Crippen molar-refractivity contribution in [2.24, 2.45) is 17.6 Å². The van der Waals surface area contributed by atoms with Crippen LogP contribution >= 0.6 is 12.4 Å². The Morgan fingerprint density at radius 2 is 2.15 bits per heavy atom. The van der Waals surface area contributed by atoms with Gasteiger partial charge in [0, 0.05) is 20.3 Å². The smallest absolute Gasteiger partial charge is 0.307 e. The molecule has 0 saturated carbocycles. The van der Waals surface area contributed by atoms with Crippen LogP contribution in [-0.4, -0.2) is 31.3 Å². The maximum absolute atomic E-state index is 10.5. The zero-order valence-electron chi connectivity index (χ0n) is 8.03. The van der Waals surface area contributed by atoms with Gasteiger partial charge in [-0.05, 0) is 12.3 Å². The predicted octanol–water partition coefficient (Wildman–Crippen LogP) is 0.740. The van der Waals surface area contributed by atoms with Gasteiger partial charge >= 0.3 is 5.97 Å². The largest absolute Gasteiger partial charge is 0.481 e. The van der Waals surface area contributed by atoms with Crippen LogP contribution in [0.15, 0.2) is 0 Å². The summed E-state index contributed by atoms with van der Waals surface area (Å²) in [7, 11) is 1.61. The van der Waals surface area contributed by atoms with Gasteiger partial charge in [-0.15, -0.1) is 12.4 Å². The highest BCUT2D eigenvalue weighted by Crippen LogP contribution is 2.11. The fraction of sp³-hybridized carbons (Fsp3) is 0.875. The Kier molecular flexibility index (Phi) is 9.67. The zero-order valence-corrected chi connectivity index (χ0v) is 8.84. The lowest BCUT2D eigenvalue weighted by molar-refractivity contribution is -0.142. The van der Waals surface area contributed by atoms with Gasteiger partial charge in [0.1, 0.15) is 0 Å². The number of hydrogen-bond donors (Lipinski definition) is 2. The van der Waals surface area contributed by atoms with Crippen molar-refractivity contribution in [3.8, 4) is 0 Å². The molecule has 0 saturated heterocycles. The SMILES string of the molecule is COCC(C)CC(CN)C(=O)O.Cl. The van der Waals surface area contributed by atoms with Crippen LogP contribution < -0.4 is 5.73 Å². The topological polar surface area (TPSA) is 72.5 Å². The first-order chi connectivity index (χ1) is 5.61. The van der Waals surface area contributed by atoms with Gasteiger partial charge in [0.2, 0.25) is 0 Å². The molecule has 0 amide bonds. The number of halogens is 1. The third kappa shape index (κ3) is 6.81. The summed E-state index contributed by atoms with van der Waals surface area (Å²) >= 11 is 0. The van der Waals surface area contributed by atoms with E-state index >= 15 is 0 Å². The third-order valence-corrected chi connectivity index (χ3v) is 1.77. The molecular weight excluding hydrogens is 194 g/mol. The van der Waals surface area contributed by atoms with E-state index in [1.165, 1.54) is 0 Å². The van der Waals surface area contributed by atoms with Crippen molar-refractivity contribution < 1.29 is 14.6 Å². The Morgan fingerprint density at radius 1 is 1.62 bits per heavy atom. The van der Waals surface area contributed by atoms with Gasteiger partial charge in [0.05, 0.1) is 5.92 Å². The van der Waals surface area contributed by atoms with E-state index < -0.39 is 11.9 Å². The number of methoxy groups -OCH3 is 1. The lowest BCUT2D eigenvalue weighted by atomic mass is 9.97. The average molecular weight is 212 g/mol. The van der Waals surface area contributed by atoms with E-state index in [-0.39, 0.29) is 24.9 Å². The summed E-state index contributed by atoms with van der Waals surface area (Å²) in [5.74, 6) is -1.00. The van der Waals surface area contributed by atoms with Crippen molar-refractivity contribution in [1.29, 1.82) is 0 Å². The second kappa shape index (κ2) is 8.29. The Bertz CT molecular complexity index is 143. The van der Waals surface area contributed by atoms with E-state index in [9.17, 15) is 4.79 Å². The van der Waals surface area contributed by atoms with Crippen LogP contribution in [0, 0.1) is 11.8 Å². The summed E-state index contributed by atoms with van der Waals surface area (Å²) in [6.07, 6.45) is 0.583. The van der Waals surface area contributed by atoms with Crippen molar-refractivity contribution in [2.45, 2.75) is 13.3 Å². The summed E-state index contributed by atoms with van der Waals surface area (Å²) in [4.78, 5) is 10.5. The molecule has 80 valence electrons. The molecule has 0 fully saturated rings. The summed E-state index contributed by atoms with van der Waals surface area (Å²) < 4.78 is 4.89. The Labute approximate surface area is 84.9 Å². The van der Waals surface area contributed by atoms with Gasteiger partial charge in [-0.3, -0.25) is 4.79 Å². The molecule has 5 heteroatoms. The van der Waals surface area contributed by atoms with Crippen LogP contribution in [0.5, 0.6) is 0 Å². The van der Waals surface area contributed by atoms with Crippen LogP contribution in [0.25, 0.3) is 0 Å². The van der Waals surface area contributed by atoms with Gasteiger partial charge in [-0.25, -0.2) is 0 Å². The van der Waals surface area contributed by atoms with Crippen LogP contribution in [0.4, 0.5) is 0 Å². The zero-order chi connectivity index (χ0) is 9.56. The predicted molar refractivity (Wildman–Crippen MR) is 53.1 cm³/mol. The molecule has 4 nitrogen and oxygen atoms in total. The number of nitrogens with two attached hydrogens (primary N) is 1. The van der Waals surface area contributed by atoms with E-state index in [1.807, 2.05) is 6.92 Å². The standard InChI is InChI=1S/C8H17NO3.ClH/c1-6(5-12-2)3-7(4-9)8(10)11;/h6-7H,3-5,9H2,1-2H3,(H,10,11);1H. The summed E-state index contributed by atoms with van der Waals surface area (Å²) in [6.45, 7) is 2.74. The van der Waals surface area contributed by atoms with Gasteiger partial charge < -0.3 is 15.6 Å². The van der Waals surface area contributed by atoms with Crippen molar-refractivity contribution in [2.75, 3.05) is 20.3 Å². The van der Waals surface area contributed by atoms with Crippen LogP contribution in [-0.2, 0) is 9.53 Å². The van der Waals surface area contributed by atoms with E-state index in [2.05, 4.69) is 0 Å². The highest BCUT2D eigenvalue weighted by Gasteiger charge is 2.18. The average Bonchev–Trinajstić information content (AvgIpc) is 2.00. The van der Waals surface area contributed by atoms with E-state index in [1.54, 1.807) is 7.11 Å². The second-order valence-corrected chi connectivity index (χ2v) is 3.07. The molecular formula is C8H18ClNO3. The van der Waals surface area contributed by atoms with E-state index in [0.29, 0.717) is 13.0 Å². The summed E-state index contributed by atoms with van der Waals surface area (Å²) in [6, 6.07) is 0. The van der Waals surface area contributed by atoms with Crippen molar-refractivity contribution in [3.63, 3.8) is 0 Å². The maximum Gasteiger partial charge on any atom is 0.307 e. The minimum absolute atomic E-state index is 0. The molecule has 0 aromatic heterocycles. The molecule has 13 heavy (non-hydrogen) atoms. The normalized spacial score (nSPS) is 14.4. The Balaban J connectivity index is 0. The molecule has 0 spiro atoms. The molecule has 0 rings (SSSR count). The van der Waals surface area contributed by atoms with E-state index in [0.717, 1.165) is 0 Å². The fourth-order valence-corrected chi connectivity index (χ4v) is 1.14. The number of carboxylic acids is 1. The molecule has 0 heterocycles. The number of hydrogen-bond acceptors (Lipinski definition) is 3. The number of aliphatic carboxylic acids is 1. The molecule has 0 bridgehead atoms. The number of carboxylic acid groups (broad SMARTS) is 1. The summed E-state index contributed by atoms with van der Waals surface area (Å²) in [5, 5.41) is 8.67. The maximum atomic E-state index is 10.5. The van der Waals surface area contributed by atoms with Crippen LogP contribution in [0.3, 0.4) is 0 Å². The monoisotopic (exact) mass is 211 g/mol. The van der Waals surface area contributed by atoms with Crippen molar-refractivity contribution >= 4 is 18.4 Å². The van der Waals surface area contributed by atoms with Gasteiger partial charge in [-0.1, -0.05) is 6.92 Å². The lowest BCUT2D eigenvalue weighted by Crippen LogP contribution is -2.26. The first-order valence-corrected chi connectivity index (χ1v) is 4.03. The fourth-order valence-electron chi connectivity index (χ4n) is 1.14. The van der Waals surface area contributed by atoms with Crippen LogP contribution in [0.1, 0.15) is 13.3 Å². The van der Waals surface area contributed by atoms with E-state index in [4.69, 9.17) is 15.6 Å². The van der Waals surface area contributed by atoms with Crippen LogP contribution in [0.2, 0.25) is 0 Å². The van der Waals surface area contributed by atoms with Crippen molar-refractivity contribution in [1.82, 2.24) is 0 Å². The molecule has 0 aromatic rings. The number of ether oxygens (including phenoxy) is 1. The highest BCUT2D eigenvalue weighted by atomic mass is 35.5. The minimum atomic E-state index is -0.819. The Hall–Kier alpha value is -0.320. The molecule has 0 aromatic carbocycles. The second-order valence-electron chi connectivity index (χ2n) is 3.07. The van der Waals surface area contributed by atoms with Gasteiger partial charge in [0.25, 0.3) is 0 Å². The molecule has 0 aliphatic carbocycles. The third-order valence-electron chi connectivity index (χ3n) is 1.77. The molecule has 0 radical (unpaired) electrons. The molecule has 0 aliphatic rings. The molecule has 3 N–H and O–H groups in total. The summed E-state index contributed by atoms with van der Waals surface area (Å²) in [5.41, 5.74) is 5.30. The molecule has 2 unspecified atom stereocenters. The van der Waals surface area contributed by atoms with Gasteiger partial charge in [-0.2, -0.15) is 0 Å². The number of carbonyl (C=O) groups is 1. The Morgan fingerprint density at radius 3 is 2.46 bits per heavy atom. The minimum Gasteiger partial charge on any atom is -0.481 e. The molecule has 0 aliphatic heterocycles. The lowest BCUT2D eigenvalue weighted by Gasteiger charge is -2.14. The van der Waals surface area contributed by atoms with Gasteiger partial charge in [0.15, 0.2) is 0 Å². The highest BCUT2D eigenvalue weighted by molar-refractivity contribution is 5.85.